The molecule has 1 aliphatic rings. The van der Waals surface area contributed by atoms with Crippen molar-refractivity contribution in [2.24, 2.45) is 0 Å². The highest BCUT2D eigenvalue weighted by Crippen LogP contribution is 2.24. The maximum Gasteiger partial charge on any atom is 0.249 e. The Morgan fingerprint density at radius 1 is 0.473 bits per heavy atom. The quantitative estimate of drug-likeness (QED) is 0.0215. The number of nitrogens with one attached hydrogen (secondary N) is 1. The molecule has 0 aromatic rings. The summed E-state index contributed by atoms with van der Waals surface area (Å²) in [5.74, 6) is -0.693. The molecule has 1 fully saturated rings. The van der Waals surface area contributed by atoms with Gasteiger partial charge in [0.05, 0.1) is 25.4 Å². The molecule has 438 valence electrons. The lowest BCUT2D eigenvalue weighted by atomic mass is 9.98. The molecule has 0 aromatic heterocycles. The number of hydrogen-bond donors (Lipinski definition) is 8. The first-order valence-electron chi connectivity index (χ1n) is 31.7. The SMILES string of the molecule is CCCCCCCCCCCCC/C=C\C/C=C\CCCCCCCCCCCCCCCCCCC(O)C(=O)NC(COC1OC(CO)C(O)C(O)C1O)C(O)C(O)CCCCCCCCCCCCCCC. The molecule has 0 spiro atoms. The molecular formula is C63H121NO10. The van der Waals surface area contributed by atoms with Gasteiger partial charge in [0.25, 0.3) is 0 Å². The summed E-state index contributed by atoms with van der Waals surface area (Å²) in [7, 11) is 0. The van der Waals surface area contributed by atoms with Gasteiger partial charge in [-0.2, -0.15) is 0 Å². The van der Waals surface area contributed by atoms with E-state index in [9.17, 15) is 40.5 Å². The standard InChI is InChI=1S/C63H121NO10/c1-3-5-7-9-11-13-15-17-18-19-20-21-22-23-24-25-26-27-28-29-30-31-32-33-34-35-36-37-39-41-43-45-47-49-51-56(67)62(72)64-54(53-73-63-61(71)60(70)59(69)57(52-65)74-63)58(68)55(66)50-48-46-44-42-40-38-16-14-12-10-8-6-4-2/h22-23,25-26,54-61,63,65-71H,3-21,24,27-53H2,1-2H3,(H,64,72)/b23-22-,26-25-. The van der Waals surface area contributed by atoms with Crippen molar-refractivity contribution in [2.75, 3.05) is 13.2 Å². The molecule has 1 heterocycles. The van der Waals surface area contributed by atoms with E-state index in [2.05, 4.69) is 43.5 Å². The number of aliphatic hydroxyl groups excluding tert-OH is 7. The van der Waals surface area contributed by atoms with Crippen LogP contribution in [0.4, 0.5) is 0 Å². The molecule has 74 heavy (non-hydrogen) atoms. The molecule has 9 atom stereocenters. The normalized spacial score (nSPS) is 19.9. The van der Waals surface area contributed by atoms with Crippen LogP contribution in [0.25, 0.3) is 0 Å². The Balaban J connectivity index is 2.16. The lowest BCUT2D eigenvalue weighted by molar-refractivity contribution is -0.303. The molecule has 0 aromatic carbocycles. The maximum atomic E-state index is 13.2. The summed E-state index contributed by atoms with van der Waals surface area (Å²) in [6.07, 6.45) is 52.6. The van der Waals surface area contributed by atoms with Crippen molar-refractivity contribution in [2.45, 2.75) is 358 Å². The van der Waals surface area contributed by atoms with E-state index < -0.39 is 74.2 Å². The molecule has 11 heteroatoms. The third-order valence-electron chi connectivity index (χ3n) is 15.5. The average molecular weight is 1050 g/mol. The third-order valence-corrected chi connectivity index (χ3v) is 15.5. The first kappa shape index (κ1) is 70.6. The molecule has 1 aliphatic heterocycles. The zero-order chi connectivity index (χ0) is 54.0. The van der Waals surface area contributed by atoms with Crippen LogP contribution >= 0.6 is 0 Å². The molecule has 0 radical (unpaired) electrons. The van der Waals surface area contributed by atoms with Crippen molar-refractivity contribution in [3.63, 3.8) is 0 Å². The fraction of sp³-hybridized carbons (Fsp3) is 0.921. The molecule has 0 bridgehead atoms. The van der Waals surface area contributed by atoms with E-state index in [4.69, 9.17) is 9.47 Å². The van der Waals surface area contributed by atoms with Crippen LogP contribution in [-0.4, -0.2) is 110 Å². The predicted octanol–water partition coefficient (Wildman–Crippen LogP) is 14.1. The van der Waals surface area contributed by atoms with E-state index in [1.165, 1.54) is 218 Å². The Labute approximate surface area is 454 Å². The number of carbonyl (C=O) groups excluding carboxylic acids is 1. The molecule has 9 unspecified atom stereocenters. The maximum absolute atomic E-state index is 13.2. The van der Waals surface area contributed by atoms with E-state index >= 15 is 0 Å². The number of unbranched alkanes of at least 4 members (excludes halogenated alkanes) is 39. The molecular weight excluding hydrogens is 931 g/mol. The van der Waals surface area contributed by atoms with Crippen LogP contribution in [0.15, 0.2) is 24.3 Å². The van der Waals surface area contributed by atoms with Crippen LogP contribution in [0.1, 0.15) is 303 Å². The lowest BCUT2D eigenvalue weighted by Gasteiger charge is -2.40. The molecule has 1 rings (SSSR count). The third kappa shape index (κ3) is 39.9. The van der Waals surface area contributed by atoms with Crippen molar-refractivity contribution < 1.29 is 50.0 Å². The van der Waals surface area contributed by atoms with Crippen molar-refractivity contribution in [3.8, 4) is 0 Å². The second-order valence-corrected chi connectivity index (χ2v) is 22.5. The van der Waals surface area contributed by atoms with Crippen molar-refractivity contribution in [1.29, 1.82) is 0 Å². The first-order valence-corrected chi connectivity index (χ1v) is 31.7. The average Bonchev–Trinajstić information content (AvgIpc) is 3.40. The summed E-state index contributed by atoms with van der Waals surface area (Å²) in [4.78, 5) is 13.2. The van der Waals surface area contributed by atoms with Gasteiger partial charge in [-0.15, -0.1) is 0 Å². The number of ether oxygens (including phenoxy) is 2. The highest BCUT2D eigenvalue weighted by molar-refractivity contribution is 5.80. The minimum Gasteiger partial charge on any atom is -0.394 e. The smallest absolute Gasteiger partial charge is 0.249 e. The number of hydrogen-bond acceptors (Lipinski definition) is 10. The summed E-state index contributed by atoms with van der Waals surface area (Å²) in [5.41, 5.74) is 0. The van der Waals surface area contributed by atoms with Crippen molar-refractivity contribution >= 4 is 5.91 Å². The highest BCUT2D eigenvalue weighted by atomic mass is 16.7. The summed E-state index contributed by atoms with van der Waals surface area (Å²) >= 11 is 0. The van der Waals surface area contributed by atoms with Crippen LogP contribution in [-0.2, 0) is 14.3 Å². The zero-order valence-corrected chi connectivity index (χ0v) is 48.1. The minimum atomic E-state index is -1.66. The number of rotatable bonds is 55. The fourth-order valence-corrected chi connectivity index (χ4v) is 10.4. The summed E-state index contributed by atoms with van der Waals surface area (Å²) in [6, 6.07) is -1.17. The molecule has 1 saturated heterocycles. The van der Waals surface area contributed by atoms with Gasteiger partial charge in [0.15, 0.2) is 6.29 Å². The Morgan fingerprint density at radius 3 is 1.20 bits per heavy atom. The highest BCUT2D eigenvalue weighted by Gasteiger charge is 2.44. The molecule has 0 aliphatic carbocycles. The van der Waals surface area contributed by atoms with Gasteiger partial charge in [0.2, 0.25) is 5.91 Å². The second kappa shape index (κ2) is 52.3. The van der Waals surface area contributed by atoms with Crippen molar-refractivity contribution in [3.05, 3.63) is 24.3 Å². The Hall–Kier alpha value is -1.41. The Morgan fingerprint density at radius 2 is 0.824 bits per heavy atom. The van der Waals surface area contributed by atoms with Crippen LogP contribution in [0.5, 0.6) is 0 Å². The number of carbonyl (C=O) groups is 1. The topological polar surface area (TPSA) is 189 Å². The summed E-state index contributed by atoms with van der Waals surface area (Å²) in [6.45, 7) is 3.48. The van der Waals surface area contributed by atoms with Crippen LogP contribution in [0, 0.1) is 0 Å². The van der Waals surface area contributed by atoms with Crippen molar-refractivity contribution in [1.82, 2.24) is 5.32 Å². The van der Waals surface area contributed by atoms with Crippen LogP contribution < -0.4 is 5.32 Å². The molecule has 1 amide bonds. The minimum absolute atomic E-state index is 0.263. The van der Waals surface area contributed by atoms with Gasteiger partial charge in [-0.05, 0) is 44.9 Å². The molecule has 11 nitrogen and oxygen atoms in total. The van der Waals surface area contributed by atoms with Gasteiger partial charge in [-0.3, -0.25) is 4.79 Å². The predicted molar refractivity (Wildman–Crippen MR) is 307 cm³/mol. The van der Waals surface area contributed by atoms with Gasteiger partial charge in [0.1, 0.15) is 36.6 Å². The zero-order valence-electron chi connectivity index (χ0n) is 48.1. The fourth-order valence-electron chi connectivity index (χ4n) is 10.4. The van der Waals surface area contributed by atoms with Gasteiger partial charge in [0, 0.05) is 0 Å². The number of allylic oxidation sites excluding steroid dienone is 4. The Kier molecular flexibility index (Phi) is 49.9. The lowest BCUT2D eigenvalue weighted by Crippen LogP contribution is -2.60. The van der Waals surface area contributed by atoms with Crippen LogP contribution in [0.2, 0.25) is 0 Å². The number of aliphatic hydroxyl groups is 7. The molecule has 8 N–H and O–H groups in total. The number of amides is 1. The molecule has 0 saturated carbocycles. The van der Waals surface area contributed by atoms with E-state index in [0.29, 0.717) is 19.3 Å². The second-order valence-electron chi connectivity index (χ2n) is 22.5. The summed E-state index contributed by atoms with van der Waals surface area (Å²) in [5, 5.41) is 76.1. The van der Waals surface area contributed by atoms with E-state index in [0.717, 1.165) is 44.9 Å². The van der Waals surface area contributed by atoms with Gasteiger partial charge in [-0.1, -0.05) is 282 Å². The van der Waals surface area contributed by atoms with Gasteiger partial charge in [-0.25, -0.2) is 0 Å². The van der Waals surface area contributed by atoms with E-state index in [1.807, 2.05) is 0 Å². The first-order chi connectivity index (χ1) is 36.2. The summed E-state index contributed by atoms with van der Waals surface area (Å²) < 4.78 is 11.1. The van der Waals surface area contributed by atoms with Gasteiger partial charge >= 0.3 is 0 Å². The van der Waals surface area contributed by atoms with Crippen LogP contribution in [0.3, 0.4) is 0 Å². The van der Waals surface area contributed by atoms with E-state index in [1.54, 1.807) is 0 Å². The van der Waals surface area contributed by atoms with Gasteiger partial charge < -0.3 is 50.5 Å². The Bertz CT molecular complexity index is 1250. The monoisotopic (exact) mass is 1050 g/mol. The largest absolute Gasteiger partial charge is 0.394 e. The van der Waals surface area contributed by atoms with E-state index in [-0.39, 0.29) is 6.42 Å².